The highest BCUT2D eigenvalue weighted by Gasteiger charge is 2.23. The van der Waals surface area contributed by atoms with E-state index in [2.05, 4.69) is 0 Å². The summed E-state index contributed by atoms with van der Waals surface area (Å²) in [6.45, 7) is 1.32. The van der Waals surface area contributed by atoms with E-state index in [1.54, 1.807) is 6.92 Å². The van der Waals surface area contributed by atoms with Crippen LogP contribution >= 0.6 is 0 Å². The molecule has 5 nitrogen and oxygen atoms in total. The maximum atomic E-state index is 13.3. The number of hydrogen-bond donors (Lipinski definition) is 1. The number of hydrogen-bond acceptors (Lipinski definition) is 4. The van der Waals surface area contributed by atoms with Gasteiger partial charge in [-0.25, -0.2) is 4.39 Å². The van der Waals surface area contributed by atoms with Gasteiger partial charge in [0, 0.05) is 6.07 Å². The first kappa shape index (κ1) is 13.3. The summed E-state index contributed by atoms with van der Waals surface area (Å²) in [4.78, 5) is 9.69. The lowest BCUT2D eigenvalue weighted by atomic mass is 10.2. The molecule has 0 aliphatic rings. The Morgan fingerprint density at radius 3 is 2.71 bits per heavy atom. The fourth-order valence-corrected chi connectivity index (χ4v) is 1.10. The Morgan fingerprint density at radius 2 is 2.18 bits per heavy atom. The number of nitro groups is 1. The van der Waals surface area contributed by atoms with Gasteiger partial charge in [-0.05, 0) is 12.5 Å². The highest BCUT2D eigenvalue weighted by molar-refractivity contribution is 5.47. The van der Waals surface area contributed by atoms with Crippen LogP contribution < -0.4 is 4.74 Å². The number of halogens is 2. The maximum Gasteiger partial charge on any atom is 0.314 e. The summed E-state index contributed by atoms with van der Waals surface area (Å²) in [7, 11) is 0. The van der Waals surface area contributed by atoms with Gasteiger partial charge in [0.2, 0.25) is 11.6 Å². The van der Waals surface area contributed by atoms with Crippen molar-refractivity contribution in [1.82, 2.24) is 0 Å². The van der Waals surface area contributed by atoms with Crippen LogP contribution in [-0.4, -0.2) is 22.7 Å². The van der Waals surface area contributed by atoms with Crippen LogP contribution in [0.4, 0.5) is 14.5 Å². The third-order valence-corrected chi connectivity index (χ3v) is 2.12. The molecule has 0 fully saturated rings. The second kappa shape index (κ2) is 5.53. The average Bonchev–Trinajstić information content (AvgIpc) is 2.30. The molecule has 0 saturated carbocycles. The molecule has 17 heavy (non-hydrogen) atoms. The second-order valence-electron chi connectivity index (χ2n) is 3.34. The minimum atomic E-state index is -1.43. The molecule has 0 amide bonds. The number of ether oxygens (including phenoxy) is 1. The van der Waals surface area contributed by atoms with Crippen LogP contribution in [0.25, 0.3) is 0 Å². The summed E-state index contributed by atoms with van der Waals surface area (Å²) in [5.74, 6) is -3.46. The van der Waals surface area contributed by atoms with Crippen molar-refractivity contribution in [3.63, 3.8) is 0 Å². The number of rotatable bonds is 5. The Hall–Kier alpha value is -1.76. The first-order valence-electron chi connectivity index (χ1n) is 4.90. The smallest absolute Gasteiger partial charge is 0.314 e. The fourth-order valence-electron chi connectivity index (χ4n) is 1.10. The van der Waals surface area contributed by atoms with Crippen LogP contribution in [0.2, 0.25) is 0 Å². The van der Waals surface area contributed by atoms with E-state index >= 15 is 0 Å². The topological polar surface area (TPSA) is 72.6 Å². The highest BCUT2D eigenvalue weighted by Crippen LogP contribution is 2.31. The number of nitro benzene ring substituents is 1. The lowest BCUT2D eigenvalue weighted by molar-refractivity contribution is -0.386. The van der Waals surface area contributed by atoms with E-state index in [1.165, 1.54) is 0 Å². The van der Waals surface area contributed by atoms with Gasteiger partial charge in [0.1, 0.15) is 6.61 Å². The summed E-state index contributed by atoms with van der Waals surface area (Å²) in [6, 6.07) is 1.46. The zero-order chi connectivity index (χ0) is 13.0. The van der Waals surface area contributed by atoms with Crippen molar-refractivity contribution in [2.75, 3.05) is 6.61 Å². The summed E-state index contributed by atoms with van der Waals surface area (Å²) in [6.07, 6.45) is -0.553. The van der Waals surface area contributed by atoms with Crippen molar-refractivity contribution in [3.8, 4) is 5.75 Å². The first-order valence-corrected chi connectivity index (χ1v) is 4.90. The molecule has 1 rings (SSSR count). The van der Waals surface area contributed by atoms with Gasteiger partial charge in [-0.15, -0.1) is 0 Å². The average molecular weight is 247 g/mol. The molecule has 94 valence electrons. The van der Waals surface area contributed by atoms with E-state index < -0.39 is 34.1 Å². The zero-order valence-electron chi connectivity index (χ0n) is 9.02. The van der Waals surface area contributed by atoms with Gasteiger partial charge < -0.3 is 9.84 Å². The minimum Gasteiger partial charge on any atom is -0.482 e. The van der Waals surface area contributed by atoms with Crippen LogP contribution in [0, 0.1) is 21.7 Å². The van der Waals surface area contributed by atoms with E-state index in [0.29, 0.717) is 12.5 Å². The molecule has 0 radical (unpaired) electrons. The Kier molecular flexibility index (Phi) is 4.33. The van der Waals surface area contributed by atoms with Crippen molar-refractivity contribution >= 4 is 5.69 Å². The molecule has 0 aliphatic heterocycles. The molecule has 7 heteroatoms. The molecule has 0 heterocycles. The van der Waals surface area contributed by atoms with Crippen molar-refractivity contribution in [2.24, 2.45) is 0 Å². The van der Waals surface area contributed by atoms with Crippen LogP contribution in [0.15, 0.2) is 12.1 Å². The Bertz CT molecular complexity index is 425. The Morgan fingerprint density at radius 1 is 1.53 bits per heavy atom. The van der Waals surface area contributed by atoms with Crippen LogP contribution in [0.3, 0.4) is 0 Å². The van der Waals surface area contributed by atoms with Gasteiger partial charge in [-0.1, -0.05) is 6.92 Å². The summed E-state index contributed by atoms with van der Waals surface area (Å²) in [5, 5.41) is 19.8. The van der Waals surface area contributed by atoms with Crippen molar-refractivity contribution < 1.29 is 23.5 Å². The molecule has 1 N–H and O–H groups in total. The monoisotopic (exact) mass is 247 g/mol. The van der Waals surface area contributed by atoms with Crippen molar-refractivity contribution in [3.05, 3.63) is 33.9 Å². The maximum absolute atomic E-state index is 13.3. The van der Waals surface area contributed by atoms with Gasteiger partial charge in [0.05, 0.1) is 11.0 Å². The molecule has 1 atom stereocenters. The molecular formula is C10H11F2NO4. The van der Waals surface area contributed by atoms with E-state index in [1.807, 2.05) is 0 Å². The zero-order valence-corrected chi connectivity index (χ0v) is 9.02. The largest absolute Gasteiger partial charge is 0.482 e. The summed E-state index contributed by atoms with van der Waals surface area (Å²) < 4.78 is 30.9. The molecule has 0 bridgehead atoms. The predicted octanol–water partition coefficient (Wildman–Crippen LogP) is 2.02. The molecule has 0 aliphatic carbocycles. The number of benzene rings is 1. The van der Waals surface area contributed by atoms with Crippen LogP contribution in [0.1, 0.15) is 13.3 Å². The van der Waals surface area contributed by atoms with Gasteiger partial charge in [0.25, 0.3) is 0 Å². The standard InChI is InChI=1S/C10H11F2NO4/c1-2-6(14)5-17-10-8(13(15)16)4-3-7(11)9(10)12/h3-4,6,14H,2,5H2,1H3. The van der Waals surface area contributed by atoms with Crippen LogP contribution in [-0.2, 0) is 0 Å². The molecular weight excluding hydrogens is 236 g/mol. The molecule has 0 aromatic heterocycles. The number of aliphatic hydroxyl groups is 1. The van der Waals surface area contributed by atoms with Crippen molar-refractivity contribution in [1.29, 1.82) is 0 Å². The normalized spacial score (nSPS) is 12.2. The van der Waals surface area contributed by atoms with Crippen LogP contribution in [0.5, 0.6) is 5.75 Å². The molecule has 1 unspecified atom stereocenters. The number of nitrogens with zero attached hydrogens (tertiary/aromatic N) is 1. The van der Waals surface area contributed by atoms with E-state index in [0.717, 1.165) is 6.07 Å². The minimum absolute atomic E-state index is 0.336. The third kappa shape index (κ3) is 3.10. The molecule has 0 saturated heterocycles. The van der Waals surface area contributed by atoms with E-state index in [9.17, 15) is 24.0 Å². The highest BCUT2D eigenvalue weighted by atomic mass is 19.2. The quantitative estimate of drug-likeness (QED) is 0.638. The molecule has 1 aromatic rings. The Labute approximate surface area is 95.8 Å². The summed E-state index contributed by atoms with van der Waals surface area (Å²) >= 11 is 0. The number of aliphatic hydroxyl groups excluding tert-OH is 1. The SMILES string of the molecule is CCC(O)COc1c([N+](=O)[O-])ccc(F)c1F. The van der Waals surface area contributed by atoms with Gasteiger partial charge in [-0.2, -0.15) is 4.39 Å². The fraction of sp³-hybridized carbons (Fsp3) is 0.400. The lowest BCUT2D eigenvalue weighted by Crippen LogP contribution is -2.17. The van der Waals surface area contributed by atoms with Gasteiger partial charge in [-0.3, -0.25) is 10.1 Å². The van der Waals surface area contributed by atoms with Gasteiger partial charge >= 0.3 is 5.69 Å². The van der Waals surface area contributed by atoms with E-state index in [-0.39, 0.29) is 6.61 Å². The van der Waals surface area contributed by atoms with E-state index in [4.69, 9.17) is 4.74 Å². The van der Waals surface area contributed by atoms with Gasteiger partial charge in [0.15, 0.2) is 5.82 Å². The van der Waals surface area contributed by atoms with Crippen molar-refractivity contribution in [2.45, 2.75) is 19.4 Å². The first-order chi connectivity index (χ1) is 7.97. The molecule has 1 aromatic carbocycles. The lowest BCUT2D eigenvalue weighted by Gasteiger charge is -2.11. The molecule has 0 spiro atoms. The second-order valence-corrected chi connectivity index (χ2v) is 3.34. The predicted molar refractivity (Wildman–Crippen MR) is 54.8 cm³/mol. The third-order valence-electron chi connectivity index (χ3n) is 2.12. The summed E-state index contributed by atoms with van der Waals surface area (Å²) in [5.41, 5.74) is -0.674. The Balaban J connectivity index is 3.02.